The molecule has 3 heteroatoms. The van der Waals surface area contributed by atoms with E-state index < -0.39 is 6.10 Å². The topological polar surface area (TPSA) is 40.5 Å². The molecule has 0 radical (unpaired) electrons. The molecule has 1 atom stereocenters. The van der Waals surface area contributed by atoms with Crippen LogP contribution >= 0.6 is 0 Å². The molecule has 68 valence electrons. The van der Waals surface area contributed by atoms with Gasteiger partial charge in [0.05, 0.1) is 0 Å². The smallest absolute Gasteiger partial charge is 0.251 e. The fraction of sp³-hybridized carbons (Fsp3) is 0.444. The van der Waals surface area contributed by atoms with Gasteiger partial charge in [-0.3, -0.25) is 4.79 Å². The molecule has 0 spiro atoms. The van der Waals surface area contributed by atoms with Crippen LogP contribution in [-0.2, 0) is 4.79 Å². The zero-order chi connectivity index (χ0) is 9.56. The first-order chi connectivity index (χ1) is 5.63. The first-order valence-corrected chi connectivity index (χ1v) is 3.82. The summed E-state index contributed by atoms with van der Waals surface area (Å²) in [4.78, 5) is 12.7. The molecule has 0 aromatic carbocycles. The number of carbonyl (C=O) groups is 1. The summed E-state index contributed by atoms with van der Waals surface area (Å²) in [6.45, 7) is 9.36. The normalized spacial score (nSPS) is 11.8. The van der Waals surface area contributed by atoms with Crippen molar-refractivity contribution in [1.82, 2.24) is 4.90 Å². The van der Waals surface area contributed by atoms with E-state index in [1.807, 2.05) is 0 Å². The highest BCUT2D eigenvalue weighted by Gasteiger charge is 2.15. The largest absolute Gasteiger partial charge is 0.384 e. The van der Waals surface area contributed by atoms with E-state index in [-0.39, 0.29) is 5.91 Å². The van der Waals surface area contributed by atoms with Crippen LogP contribution in [0, 0.1) is 0 Å². The monoisotopic (exact) mass is 169 g/mol. The van der Waals surface area contributed by atoms with Gasteiger partial charge in [0.25, 0.3) is 5.91 Å². The van der Waals surface area contributed by atoms with Crippen LogP contribution in [0.25, 0.3) is 0 Å². The Morgan fingerprint density at radius 2 is 1.92 bits per heavy atom. The van der Waals surface area contributed by atoms with Gasteiger partial charge in [-0.2, -0.15) is 0 Å². The molecule has 0 saturated heterocycles. The molecule has 0 unspecified atom stereocenters. The van der Waals surface area contributed by atoms with Crippen molar-refractivity contribution in [2.24, 2.45) is 0 Å². The van der Waals surface area contributed by atoms with Crippen molar-refractivity contribution >= 4 is 5.91 Å². The quantitative estimate of drug-likeness (QED) is 0.611. The van der Waals surface area contributed by atoms with Gasteiger partial charge < -0.3 is 10.0 Å². The van der Waals surface area contributed by atoms with Crippen LogP contribution in [0.15, 0.2) is 25.3 Å². The van der Waals surface area contributed by atoms with Crippen molar-refractivity contribution in [3.63, 3.8) is 0 Å². The van der Waals surface area contributed by atoms with E-state index in [0.29, 0.717) is 13.1 Å². The molecule has 0 aliphatic heterocycles. The second-order valence-corrected chi connectivity index (χ2v) is 2.50. The Kier molecular flexibility index (Phi) is 5.04. The molecule has 1 amide bonds. The number of amides is 1. The van der Waals surface area contributed by atoms with E-state index in [1.54, 1.807) is 12.2 Å². The molecular weight excluding hydrogens is 154 g/mol. The Hall–Kier alpha value is -1.09. The molecule has 1 N–H and O–H groups in total. The molecule has 12 heavy (non-hydrogen) atoms. The van der Waals surface area contributed by atoms with E-state index in [4.69, 9.17) is 5.11 Å². The fourth-order valence-corrected chi connectivity index (χ4v) is 0.830. The van der Waals surface area contributed by atoms with Gasteiger partial charge in [-0.25, -0.2) is 0 Å². The Labute approximate surface area is 73.0 Å². The molecular formula is C9H15NO2. The summed E-state index contributed by atoms with van der Waals surface area (Å²) in [6.07, 6.45) is 2.28. The highest BCUT2D eigenvalue weighted by Crippen LogP contribution is 1.95. The summed E-state index contributed by atoms with van der Waals surface area (Å²) >= 11 is 0. The van der Waals surface area contributed by atoms with Crippen molar-refractivity contribution in [2.75, 3.05) is 13.1 Å². The summed E-state index contributed by atoms with van der Waals surface area (Å²) in [5.74, 6) is -0.296. The van der Waals surface area contributed by atoms with Crippen molar-refractivity contribution < 1.29 is 9.90 Å². The first kappa shape index (κ1) is 10.9. The van der Waals surface area contributed by atoms with Crippen LogP contribution in [-0.4, -0.2) is 35.1 Å². The number of hydrogen-bond donors (Lipinski definition) is 1. The van der Waals surface area contributed by atoms with Gasteiger partial charge in [-0.05, 0) is 6.92 Å². The van der Waals surface area contributed by atoms with Crippen LogP contribution in [0.5, 0.6) is 0 Å². The molecule has 0 aromatic rings. The summed E-state index contributed by atoms with van der Waals surface area (Å²) < 4.78 is 0. The summed E-state index contributed by atoms with van der Waals surface area (Å²) in [6, 6.07) is 0. The molecule has 0 saturated carbocycles. The van der Waals surface area contributed by atoms with Crippen molar-refractivity contribution in [3.8, 4) is 0 Å². The lowest BCUT2D eigenvalue weighted by molar-refractivity contribution is -0.138. The first-order valence-electron chi connectivity index (χ1n) is 3.82. The lowest BCUT2D eigenvalue weighted by Gasteiger charge is -2.20. The predicted octanol–water partition coefficient (Wildman–Crippen LogP) is 0.568. The molecule has 0 fully saturated rings. The standard InChI is InChI=1S/C9H15NO2/c1-4-6-10(7-5-2)9(12)8(3)11/h4-5,8,11H,1-2,6-7H2,3H3/t8-/m1/s1. The van der Waals surface area contributed by atoms with Gasteiger partial charge in [-0.1, -0.05) is 12.2 Å². The third-order valence-corrected chi connectivity index (χ3v) is 1.37. The minimum absolute atomic E-state index is 0.296. The van der Waals surface area contributed by atoms with Gasteiger partial charge in [0, 0.05) is 13.1 Å². The van der Waals surface area contributed by atoms with E-state index >= 15 is 0 Å². The third-order valence-electron chi connectivity index (χ3n) is 1.37. The number of hydrogen-bond acceptors (Lipinski definition) is 2. The zero-order valence-corrected chi connectivity index (χ0v) is 7.36. The Morgan fingerprint density at radius 3 is 2.17 bits per heavy atom. The lowest BCUT2D eigenvalue weighted by atomic mass is 10.3. The average molecular weight is 169 g/mol. The summed E-state index contributed by atoms with van der Waals surface area (Å²) in [7, 11) is 0. The van der Waals surface area contributed by atoms with E-state index in [1.165, 1.54) is 11.8 Å². The number of nitrogens with zero attached hydrogens (tertiary/aromatic N) is 1. The SMILES string of the molecule is C=CCN(CC=C)C(=O)[C@@H](C)O. The van der Waals surface area contributed by atoms with Gasteiger partial charge in [-0.15, -0.1) is 13.2 Å². The molecule has 0 aliphatic rings. The highest BCUT2D eigenvalue weighted by atomic mass is 16.3. The van der Waals surface area contributed by atoms with Crippen LogP contribution in [0.2, 0.25) is 0 Å². The number of aliphatic hydroxyl groups is 1. The second kappa shape index (κ2) is 5.55. The Balaban J connectivity index is 4.17. The van der Waals surface area contributed by atoms with Gasteiger partial charge in [0.1, 0.15) is 6.10 Å². The molecule has 0 bridgehead atoms. The van der Waals surface area contributed by atoms with E-state index in [9.17, 15) is 4.79 Å². The van der Waals surface area contributed by atoms with Crippen LogP contribution in [0.4, 0.5) is 0 Å². The van der Waals surface area contributed by atoms with Crippen molar-refractivity contribution in [1.29, 1.82) is 0 Å². The van der Waals surface area contributed by atoms with Crippen LogP contribution in [0.3, 0.4) is 0 Å². The lowest BCUT2D eigenvalue weighted by Crippen LogP contribution is -2.37. The molecule has 3 nitrogen and oxygen atoms in total. The molecule has 0 rings (SSSR count). The third kappa shape index (κ3) is 3.34. The summed E-state index contributed by atoms with van der Waals surface area (Å²) in [5.41, 5.74) is 0. The van der Waals surface area contributed by atoms with E-state index in [0.717, 1.165) is 0 Å². The predicted molar refractivity (Wildman–Crippen MR) is 48.7 cm³/mol. The van der Waals surface area contributed by atoms with Crippen molar-refractivity contribution in [3.05, 3.63) is 25.3 Å². The van der Waals surface area contributed by atoms with Crippen LogP contribution < -0.4 is 0 Å². The number of rotatable bonds is 5. The maximum absolute atomic E-state index is 11.2. The maximum Gasteiger partial charge on any atom is 0.251 e. The molecule has 0 aliphatic carbocycles. The van der Waals surface area contributed by atoms with Gasteiger partial charge >= 0.3 is 0 Å². The Morgan fingerprint density at radius 1 is 1.50 bits per heavy atom. The summed E-state index contributed by atoms with van der Waals surface area (Å²) in [5, 5.41) is 8.98. The Bertz CT molecular complexity index is 165. The highest BCUT2D eigenvalue weighted by molar-refractivity contribution is 5.80. The van der Waals surface area contributed by atoms with E-state index in [2.05, 4.69) is 13.2 Å². The van der Waals surface area contributed by atoms with Gasteiger partial charge in [0.15, 0.2) is 0 Å². The number of aliphatic hydroxyl groups excluding tert-OH is 1. The minimum Gasteiger partial charge on any atom is -0.384 e. The molecule has 0 heterocycles. The van der Waals surface area contributed by atoms with Crippen molar-refractivity contribution in [2.45, 2.75) is 13.0 Å². The van der Waals surface area contributed by atoms with Gasteiger partial charge in [0.2, 0.25) is 0 Å². The minimum atomic E-state index is -0.954. The van der Waals surface area contributed by atoms with Crippen LogP contribution in [0.1, 0.15) is 6.92 Å². The molecule has 0 aromatic heterocycles. The fourth-order valence-electron chi connectivity index (χ4n) is 0.830. The second-order valence-electron chi connectivity index (χ2n) is 2.50. The zero-order valence-electron chi connectivity index (χ0n) is 7.36. The maximum atomic E-state index is 11.2. The number of carbonyl (C=O) groups excluding carboxylic acids is 1. The average Bonchev–Trinajstić information content (AvgIpc) is 2.03.